The van der Waals surface area contributed by atoms with E-state index < -0.39 is 12.0 Å². The largest absolute Gasteiger partial charge is 0.480 e. The summed E-state index contributed by atoms with van der Waals surface area (Å²) in [6, 6.07) is -1.29. The Morgan fingerprint density at radius 2 is 2.29 bits per heavy atom. The van der Waals surface area contributed by atoms with E-state index in [-0.39, 0.29) is 24.5 Å². The first-order valence-electron chi connectivity index (χ1n) is 5.81. The molecular formula is C11H20N2O4. The van der Waals surface area contributed by atoms with Crippen molar-refractivity contribution >= 4 is 11.9 Å². The minimum absolute atomic E-state index is 0.0256. The number of piperidine rings is 1. The average Bonchev–Trinajstić information content (AvgIpc) is 2.28. The summed E-state index contributed by atoms with van der Waals surface area (Å²) in [6.45, 7) is 2.76. The lowest BCUT2D eigenvalue weighted by molar-refractivity contribution is -0.143. The molecule has 0 aromatic rings. The van der Waals surface area contributed by atoms with Crippen LogP contribution in [0, 0.1) is 5.92 Å². The SMILES string of the molecule is COCC(NC(=O)C1NCCCC1C)C(=O)O. The van der Waals surface area contributed by atoms with Crippen LogP contribution in [0.5, 0.6) is 0 Å². The number of methoxy groups -OCH3 is 1. The molecule has 1 aliphatic heterocycles. The van der Waals surface area contributed by atoms with Gasteiger partial charge in [0.2, 0.25) is 5.91 Å². The molecule has 1 fully saturated rings. The number of carbonyl (C=O) groups excluding carboxylic acids is 1. The lowest BCUT2D eigenvalue weighted by Gasteiger charge is -2.29. The molecule has 1 heterocycles. The Balaban J connectivity index is 2.53. The summed E-state index contributed by atoms with van der Waals surface area (Å²) in [7, 11) is 1.41. The minimum Gasteiger partial charge on any atom is -0.480 e. The van der Waals surface area contributed by atoms with E-state index in [4.69, 9.17) is 9.84 Å². The van der Waals surface area contributed by atoms with Gasteiger partial charge in [-0.25, -0.2) is 4.79 Å². The van der Waals surface area contributed by atoms with Crippen LogP contribution >= 0.6 is 0 Å². The fraction of sp³-hybridized carbons (Fsp3) is 0.818. The molecule has 1 saturated heterocycles. The number of nitrogens with one attached hydrogen (secondary N) is 2. The highest BCUT2D eigenvalue weighted by atomic mass is 16.5. The molecule has 17 heavy (non-hydrogen) atoms. The fourth-order valence-electron chi connectivity index (χ4n) is 2.00. The molecule has 1 amide bonds. The smallest absolute Gasteiger partial charge is 0.328 e. The zero-order valence-electron chi connectivity index (χ0n) is 10.2. The predicted octanol–water partition coefficient (Wildman–Crippen LogP) is -0.410. The molecular weight excluding hydrogens is 224 g/mol. The van der Waals surface area contributed by atoms with Crippen LogP contribution in [0.2, 0.25) is 0 Å². The van der Waals surface area contributed by atoms with Crippen LogP contribution < -0.4 is 10.6 Å². The maximum Gasteiger partial charge on any atom is 0.328 e. The van der Waals surface area contributed by atoms with Crippen molar-refractivity contribution in [3.8, 4) is 0 Å². The predicted molar refractivity (Wildman–Crippen MR) is 61.6 cm³/mol. The molecule has 3 atom stereocenters. The molecule has 0 aromatic carbocycles. The monoisotopic (exact) mass is 244 g/mol. The van der Waals surface area contributed by atoms with Gasteiger partial charge in [0.05, 0.1) is 12.6 Å². The number of ether oxygens (including phenoxy) is 1. The Morgan fingerprint density at radius 3 is 2.82 bits per heavy atom. The number of hydrogen-bond donors (Lipinski definition) is 3. The molecule has 0 bridgehead atoms. The van der Waals surface area contributed by atoms with Gasteiger partial charge in [0, 0.05) is 7.11 Å². The molecule has 1 aliphatic rings. The topological polar surface area (TPSA) is 87.7 Å². The van der Waals surface area contributed by atoms with Gasteiger partial charge in [-0.2, -0.15) is 0 Å². The van der Waals surface area contributed by atoms with Gasteiger partial charge in [0.25, 0.3) is 0 Å². The standard InChI is InChI=1S/C11H20N2O4/c1-7-4-3-5-12-9(7)10(14)13-8(6-17-2)11(15)16/h7-9,12H,3-6H2,1-2H3,(H,13,14)(H,15,16). The van der Waals surface area contributed by atoms with E-state index in [0.717, 1.165) is 19.4 Å². The van der Waals surface area contributed by atoms with Crippen molar-refractivity contribution in [2.75, 3.05) is 20.3 Å². The van der Waals surface area contributed by atoms with Gasteiger partial charge in [0.15, 0.2) is 6.04 Å². The van der Waals surface area contributed by atoms with Crippen molar-refractivity contribution in [2.24, 2.45) is 5.92 Å². The van der Waals surface area contributed by atoms with E-state index in [1.54, 1.807) is 0 Å². The normalized spacial score (nSPS) is 26.2. The lowest BCUT2D eigenvalue weighted by atomic mass is 9.92. The third kappa shape index (κ3) is 3.98. The summed E-state index contributed by atoms with van der Waals surface area (Å²) in [5.41, 5.74) is 0. The second kappa shape index (κ2) is 6.56. The summed E-state index contributed by atoms with van der Waals surface area (Å²) in [5.74, 6) is -1.12. The van der Waals surface area contributed by atoms with Crippen LogP contribution in [-0.4, -0.2) is 49.3 Å². The number of carboxylic acids is 1. The quantitative estimate of drug-likeness (QED) is 0.612. The summed E-state index contributed by atoms with van der Waals surface area (Å²) >= 11 is 0. The Hall–Kier alpha value is -1.14. The van der Waals surface area contributed by atoms with Gasteiger partial charge < -0.3 is 20.5 Å². The van der Waals surface area contributed by atoms with E-state index in [1.807, 2.05) is 6.92 Å². The van der Waals surface area contributed by atoms with Crippen LogP contribution in [0.25, 0.3) is 0 Å². The zero-order chi connectivity index (χ0) is 12.8. The first kappa shape index (κ1) is 13.9. The average molecular weight is 244 g/mol. The molecule has 0 radical (unpaired) electrons. The van der Waals surface area contributed by atoms with Crippen molar-refractivity contribution in [3.05, 3.63) is 0 Å². The lowest BCUT2D eigenvalue weighted by Crippen LogP contribution is -2.55. The van der Waals surface area contributed by atoms with E-state index in [9.17, 15) is 9.59 Å². The Bertz CT molecular complexity index is 283. The van der Waals surface area contributed by atoms with Gasteiger partial charge in [0.1, 0.15) is 0 Å². The Kier molecular flexibility index (Phi) is 5.37. The number of rotatable bonds is 5. The Morgan fingerprint density at radius 1 is 1.59 bits per heavy atom. The number of aliphatic carboxylic acids is 1. The van der Waals surface area contributed by atoms with Gasteiger partial charge in [-0.15, -0.1) is 0 Å². The van der Waals surface area contributed by atoms with E-state index >= 15 is 0 Å². The van der Waals surface area contributed by atoms with E-state index in [0.29, 0.717) is 0 Å². The molecule has 6 nitrogen and oxygen atoms in total. The fourth-order valence-corrected chi connectivity index (χ4v) is 2.00. The second-order valence-corrected chi connectivity index (χ2v) is 4.41. The maximum atomic E-state index is 11.9. The molecule has 0 aromatic heterocycles. The van der Waals surface area contributed by atoms with Crippen molar-refractivity contribution in [2.45, 2.75) is 31.8 Å². The van der Waals surface area contributed by atoms with Crippen molar-refractivity contribution < 1.29 is 19.4 Å². The molecule has 1 rings (SSSR count). The molecule has 0 saturated carbocycles. The third-order valence-electron chi connectivity index (χ3n) is 3.00. The highest BCUT2D eigenvalue weighted by molar-refractivity contribution is 5.87. The third-order valence-corrected chi connectivity index (χ3v) is 3.00. The van der Waals surface area contributed by atoms with Crippen LogP contribution in [0.4, 0.5) is 0 Å². The van der Waals surface area contributed by atoms with Crippen molar-refractivity contribution in [1.82, 2.24) is 10.6 Å². The number of hydrogen-bond acceptors (Lipinski definition) is 4. The first-order chi connectivity index (χ1) is 8.06. The molecule has 3 unspecified atom stereocenters. The van der Waals surface area contributed by atoms with Crippen molar-refractivity contribution in [3.63, 3.8) is 0 Å². The summed E-state index contributed by atoms with van der Waals surface area (Å²) < 4.78 is 4.76. The highest BCUT2D eigenvalue weighted by Crippen LogP contribution is 2.15. The molecule has 98 valence electrons. The van der Waals surface area contributed by atoms with E-state index in [2.05, 4.69) is 10.6 Å². The van der Waals surface area contributed by atoms with E-state index in [1.165, 1.54) is 7.11 Å². The summed E-state index contributed by atoms with van der Waals surface area (Å²) in [6.07, 6.45) is 2.03. The first-order valence-corrected chi connectivity index (χ1v) is 5.81. The number of carbonyl (C=O) groups is 2. The number of carboxylic acid groups (broad SMARTS) is 1. The number of amides is 1. The second-order valence-electron chi connectivity index (χ2n) is 4.41. The van der Waals surface area contributed by atoms with Gasteiger partial charge in [-0.3, -0.25) is 4.79 Å². The maximum absolute atomic E-state index is 11.9. The summed E-state index contributed by atoms with van der Waals surface area (Å²) in [5, 5.41) is 14.5. The molecule has 0 spiro atoms. The molecule has 0 aliphatic carbocycles. The molecule has 3 N–H and O–H groups in total. The van der Waals surface area contributed by atoms with Crippen molar-refractivity contribution in [1.29, 1.82) is 0 Å². The van der Waals surface area contributed by atoms with Crippen LogP contribution in [-0.2, 0) is 14.3 Å². The van der Waals surface area contributed by atoms with Crippen LogP contribution in [0.3, 0.4) is 0 Å². The van der Waals surface area contributed by atoms with Crippen LogP contribution in [0.15, 0.2) is 0 Å². The Labute approximate surface area is 101 Å². The summed E-state index contributed by atoms with van der Waals surface area (Å²) in [4.78, 5) is 22.8. The highest BCUT2D eigenvalue weighted by Gasteiger charge is 2.30. The van der Waals surface area contributed by atoms with Gasteiger partial charge in [-0.05, 0) is 25.3 Å². The van der Waals surface area contributed by atoms with Crippen LogP contribution in [0.1, 0.15) is 19.8 Å². The van der Waals surface area contributed by atoms with Gasteiger partial charge in [-0.1, -0.05) is 6.92 Å². The van der Waals surface area contributed by atoms with Gasteiger partial charge >= 0.3 is 5.97 Å². The minimum atomic E-state index is -1.08. The molecule has 6 heteroatoms. The zero-order valence-corrected chi connectivity index (χ0v) is 10.2.